The van der Waals surface area contributed by atoms with Crippen molar-refractivity contribution >= 4 is 5.78 Å². The first kappa shape index (κ1) is 18.1. The number of carbonyl (C=O) groups excluding carboxylic acids is 1. The van der Waals surface area contributed by atoms with Gasteiger partial charge < -0.3 is 14.0 Å². The monoisotopic (exact) mass is 366 g/mol. The average molecular weight is 366 g/mol. The highest BCUT2D eigenvalue weighted by Gasteiger charge is 2.34. The molecule has 0 unspecified atom stereocenters. The van der Waals surface area contributed by atoms with Gasteiger partial charge in [0.1, 0.15) is 13.2 Å². The predicted molar refractivity (Wildman–Crippen MR) is 106 cm³/mol. The number of likely N-dealkylation sites (N-methyl/N-ethyl adjacent to an activating group) is 1. The van der Waals surface area contributed by atoms with E-state index in [1.54, 1.807) is 0 Å². The van der Waals surface area contributed by atoms with Crippen LogP contribution in [0.1, 0.15) is 41.1 Å². The molecule has 0 bridgehead atoms. The van der Waals surface area contributed by atoms with Crippen LogP contribution < -0.4 is 9.47 Å². The smallest absolute Gasteiger partial charge is 0.163 e. The molecule has 4 nitrogen and oxygen atoms in total. The number of ketones is 1. The molecule has 2 atom stereocenters. The number of carbonyl (C=O) groups is 1. The zero-order valence-electron chi connectivity index (χ0n) is 16.0. The minimum Gasteiger partial charge on any atom is -0.486 e. The number of likely N-dealkylation sites (tertiary alicyclic amines) is 1. The highest BCUT2D eigenvalue weighted by Crippen LogP contribution is 2.33. The van der Waals surface area contributed by atoms with E-state index in [0.717, 1.165) is 28.8 Å². The Balaban J connectivity index is 1.30. The third kappa shape index (κ3) is 4.16. The van der Waals surface area contributed by atoms with Crippen LogP contribution in [-0.4, -0.2) is 50.2 Å². The maximum atomic E-state index is 12.6. The van der Waals surface area contributed by atoms with Crippen molar-refractivity contribution < 1.29 is 18.8 Å². The van der Waals surface area contributed by atoms with Crippen molar-refractivity contribution in [3.8, 4) is 11.5 Å². The molecule has 2 aromatic rings. The first-order valence-corrected chi connectivity index (χ1v) is 9.94. The van der Waals surface area contributed by atoms with Crippen LogP contribution in [0.25, 0.3) is 0 Å². The molecule has 0 spiro atoms. The zero-order valence-corrected chi connectivity index (χ0v) is 16.0. The fourth-order valence-electron chi connectivity index (χ4n) is 4.36. The quantitative estimate of drug-likeness (QED) is 0.571. The summed E-state index contributed by atoms with van der Waals surface area (Å²) in [4.78, 5) is 12.6. The summed E-state index contributed by atoms with van der Waals surface area (Å²) in [6.07, 6.45) is 2.74. The van der Waals surface area contributed by atoms with Gasteiger partial charge in [0.15, 0.2) is 17.3 Å². The van der Waals surface area contributed by atoms with Crippen molar-refractivity contribution in [1.29, 1.82) is 0 Å². The lowest BCUT2D eigenvalue weighted by molar-refractivity contribution is -0.898. The molecule has 2 aliphatic rings. The topological polar surface area (TPSA) is 35.5 Å². The number of ether oxygens (including phenoxy) is 2. The molecule has 1 fully saturated rings. The lowest BCUT2D eigenvalue weighted by Crippen LogP contribution is -2.42. The summed E-state index contributed by atoms with van der Waals surface area (Å²) >= 11 is 0. The van der Waals surface area contributed by atoms with E-state index >= 15 is 0 Å². The first-order valence-electron chi connectivity index (χ1n) is 9.94. The van der Waals surface area contributed by atoms with E-state index in [9.17, 15) is 4.79 Å². The third-order valence-electron chi connectivity index (χ3n) is 5.92. The van der Waals surface area contributed by atoms with Crippen molar-refractivity contribution in [3.05, 3.63) is 59.7 Å². The van der Waals surface area contributed by atoms with Crippen molar-refractivity contribution in [2.24, 2.45) is 0 Å². The van der Waals surface area contributed by atoms with Gasteiger partial charge in [-0.25, -0.2) is 0 Å². The Morgan fingerprint density at radius 3 is 2.67 bits per heavy atom. The van der Waals surface area contributed by atoms with Gasteiger partial charge >= 0.3 is 0 Å². The van der Waals surface area contributed by atoms with Crippen molar-refractivity contribution in [2.75, 3.05) is 39.9 Å². The number of fused-ring (bicyclic) bond motifs is 1. The molecule has 2 heterocycles. The zero-order chi connectivity index (χ0) is 18.7. The minimum atomic E-state index is 0.192. The molecular formula is C23H28NO3+. The Bertz CT molecular complexity index is 805. The van der Waals surface area contributed by atoms with Crippen LogP contribution in [0.2, 0.25) is 0 Å². The van der Waals surface area contributed by atoms with Gasteiger partial charge in [0.05, 0.1) is 26.7 Å². The fourth-order valence-corrected chi connectivity index (χ4v) is 4.36. The molecule has 142 valence electrons. The Labute approximate surface area is 161 Å². The standard InChI is InChI=1S/C23H28NO3/c1-24(13-11-20(17-24)18-6-3-2-4-7-18)12-5-8-21(25)19-9-10-22-23(16-19)27-15-14-26-22/h2-4,6-7,9-10,16,20H,5,8,11-15,17H2,1H3/q+1/t20-,24-/m0/s1. The highest BCUT2D eigenvalue weighted by molar-refractivity contribution is 5.96. The number of benzene rings is 2. The third-order valence-corrected chi connectivity index (χ3v) is 5.92. The molecule has 0 aliphatic carbocycles. The van der Waals surface area contributed by atoms with Crippen LogP contribution in [-0.2, 0) is 0 Å². The number of nitrogens with zero attached hydrogens (tertiary/aromatic N) is 1. The number of hydrogen-bond donors (Lipinski definition) is 0. The summed E-state index contributed by atoms with van der Waals surface area (Å²) in [5.74, 6) is 2.26. The predicted octanol–water partition coefficient (Wildman–Crippen LogP) is 4.05. The molecule has 0 radical (unpaired) electrons. The van der Waals surface area contributed by atoms with Crippen LogP contribution in [0.3, 0.4) is 0 Å². The Hall–Kier alpha value is -2.33. The van der Waals surface area contributed by atoms with Gasteiger partial charge in [-0.3, -0.25) is 4.79 Å². The Morgan fingerprint density at radius 1 is 1.07 bits per heavy atom. The molecule has 4 heteroatoms. The lowest BCUT2D eigenvalue weighted by atomic mass is 9.99. The van der Waals surface area contributed by atoms with E-state index in [2.05, 4.69) is 37.4 Å². The molecule has 2 aliphatic heterocycles. The van der Waals surface area contributed by atoms with E-state index in [1.807, 2.05) is 18.2 Å². The van der Waals surface area contributed by atoms with Crippen LogP contribution >= 0.6 is 0 Å². The van der Waals surface area contributed by atoms with Crippen LogP contribution in [0.4, 0.5) is 0 Å². The van der Waals surface area contributed by atoms with Gasteiger partial charge in [0.25, 0.3) is 0 Å². The molecule has 4 rings (SSSR count). The van der Waals surface area contributed by atoms with E-state index in [-0.39, 0.29) is 5.78 Å². The Morgan fingerprint density at radius 2 is 1.85 bits per heavy atom. The lowest BCUT2D eigenvalue weighted by Gasteiger charge is -2.29. The molecular weight excluding hydrogens is 338 g/mol. The number of rotatable bonds is 6. The van der Waals surface area contributed by atoms with Crippen LogP contribution in [0.15, 0.2) is 48.5 Å². The molecule has 0 amide bonds. The summed E-state index contributed by atoms with van der Waals surface area (Å²) in [5, 5.41) is 0. The largest absolute Gasteiger partial charge is 0.486 e. The fraction of sp³-hybridized carbons (Fsp3) is 0.435. The van der Waals surface area contributed by atoms with Gasteiger partial charge in [-0.15, -0.1) is 0 Å². The van der Waals surface area contributed by atoms with Gasteiger partial charge in [-0.05, 0) is 23.8 Å². The first-order chi connectivity index (χ1) is 13.1. The Kier molecular flexibility index (Phi) is 5.17. The second-order valence-corrected chi connectivity index (χ2v) is 8.03. The van der Waals surface area contributed by atoms with Crippen LogP contribution in [0.5, 0.6) is 11.5 Å². The van der Waals surface area contributed by atoms with Crippen molar-refractivity contribution in [3.63, 3.8) is 0 Å². The van der Waals surface area contributed by atoms with Gasteiger partial charge in [-0.2, -0.15) is 0 Å². The van der Waals surface area contributed by atoms with Gasteiger partial charge in [0.2, 0.25) is 0 Å². The highest BCUT2D eigenvalue weighted by atomic mass is 16.6. The molecule has 0 N–H and O–H groups in total. The van der Waals surface area contributed by atoms with Gasteiger partial charge in [-0.1, -0.05) is 30.3 Å². The number of Topliss-reactive ketones (excluding diaryl/α,β-unsaturated/α-hetero) is 1. The maximum absolute atomic E-state index is 12.6. The van der Waals surface area contributed by atoms with Crippen molar-refractivity contribution in [1.82, 2.24) is 0 Å². The molecule has 0 saturated carbocycles. The second kappa shape index (κ2) is 7.73. The van der Waals surface area contributed by atoms with E-state index in [1.165, 1.54) is 25.1 Å². The van der Waals surface area contributed by atoms with Gasteiger partial charge in [0, 0.05) is 30.7 Å². The van der Waals surface area contributed by atoms with E-state index in [4.69, 9.17) is 9.47 Å². The summed E-state index contributed by atoms with van der Waals surface area (Å²) in [6.45, 7) is 4.53. The van der Waals surface area contributed by atoms with Crippen molar-refractivity contribution in [2.45, 2.75) is 25.2 Å². The molecule has 27 heavy (non-hydrogen) atoms. The molecule has 0 aromatic heterocycles. The second-order valence-electron chi connectivity index (χ2n) is 8.03. The van der Waals surface area contributed by atoms with E-state index < -0.39 is 0 Å². The summed E-state index contributed by atoms with van der Waals surface area (Å²) in [7, 11) is 2.33. The van der Waals surface area contributed by atoms with Crippen LogP contribution in [0, 0.1) is 0 Å². The normalized spacial score (nSPS) is 24.0. The number of hydrogen-bond acceptors (Lipinski definition) is 3. The SMILES string of the molecule is C[N@+]1(CCCC(=O)c2ccc3c(c2)OCCO3)CC[C@H](c2ccccc2)C1. The van der Waals surface area contributed by atoms with E-state index in [0.29, 0.717) is 31.3 Å². The summed E-state index contributed by atoms with van der Waals surface area (Å²) in [6, 6.07) is 16.4. The molecule has 2 aromatic carbocycles. The maximum Gasteiger partial charge on any atom is 0.163 e. The summed E-state index contributed by atoms with van der Waals surface area (Å²) in [5.41, 5.74) is 2.18. The summed E-state index contributed by atoms with van der Waals surface area (Å²) < 4.78 is 12.2. The number of quaternary nitrogens is 1. The minimum absolute atomic E-state index is 0.192. The molecule has 1 saturated heterocycles. The average Bonchev–Trinajstić information content (AvgIpc) is 3.10.